The molecule has 1 N–H and O–H groups in total. The van der Waals surface area contributed by atoms with Gasteiger partial charge in [-0.15, -0.1) is 11.3 Å². The molecule has 0 aromatic carbocycles. The minimum absolute atomic E-state index is 0.143. The van der Waals surface area contributed by atoms with E-state index in [9.17, 15) is 8.42 Å². The quantitative estimate of drug-likeness (QED) is 0.907. The van der Waals surface area contributed by atoms with Crippen LogP contribution in [-0.4, -0.2) is 14.5 Å². The molecule has 0 atom stereocenters. The first-order valence-corrected chi connectivity index (χ1v) is 7.88. The minimum atomic E-state index is -3.29. The largest absolute Gasteiger partial charge is 0.241 e. The van der Waals surface area contributed by atoms with Crippen molar-refractivity contribution in [2.75, 3.05) is 0 Å². The van der Waals surface area contributed by atoms with Crippen LogP contribution in [0.2, 0.25) is 0 Å². The molecule has 5 heteroatoms. The highest BCUT2D eigenvalue weighted by Crippen LogP contribution is 2.26. The average molecular weight is 259 g/mol. The van der Waals surface area contributed by atoms with Gasteiger partial charge in [0.15, 0.2) is 0 Å². The first kappa shape index (κ1) is 12.1. The zero-order valence-corrected chi connectivity index (χ0v) is 11.2. The highest BCUT2D eigenvalue weighted by atomic mass is 32.2. The van der Waals surface area contributed by atoms with Crippen molar-refractivity contribution < 1.29 is 8.42 Å². The maximum Gasteiger partial charge on any atom is 0.241 e. The number of hydrogen-bond acceptors (Lipinski definition) is 3. The third-order valence-corrected chi connectivity index (χ3v) is 5.70. The van der Waals surface area contributed by atoms with Crippen LogP contribution in [0.1, 0.15) is 35.4 Å². The molecule has 0 aliphatic heterocycles. The van der Waals surface area contributed by atoms with Crippen LogP contribution in [-0.2, 0) is 10.0 Å². The number of hydrogen-bond donors (Lipinski definition) is 1. The molecule has 1 saturated carbocycles. The maximum atomic E-state index is 12.1. The lowest BCUT2D eigenvalue weighted by atomic mass is 10.3. The van der Waals surface area contributed by atoms with Crippen molar-refractivity contribution in [3.05, 3.63) is 15.8 Å². The molecule has 2 rings (SSSR count). The van der Waals surface area contributed by atoms with E-state index in [4.69, 9.17) is 0 Å². The van der Waals surface area contributed by atoms with Gasteiger partial charge in [-0.1, -0.05) is 12.8 Å². The van der Waals surface area contributed by atoms with Crippen molar-refractivity contribution in [2.45, 2.75) is 50.5 Å². The number of thiophene rings is 1. The first-order valence-electron chi connectivity index (χ1n) is 5.58. The van der Waals surface area contributed by atoms with Gasteiger partial charge in [-0.05, 0) is 32.8 Å². The molecule has 16 heavy (non-hydrogen) atoms. The summed E-state index contributed by atoms with van der Waals surface area (Å²) in [6.45, 7) is 3.80. The molecular weight excluding hydrogens is 242 g/mol. The summed E-state index contributed by atoms with van der Waals surface area (Å²) in [5, 5.41) is 0. The van der Waals surface area contributed by atoms with Crippen LogP contribution in [0.25, 0.3) is 0 Å². The van der Waals surface area contributed by atoms with Crippen LogP contribution in [0.4, 0.5) is 0 Å². The Labute approximate surface area is 101 Å². The fourth-order valence-electron chi connectivity index (χ4n) is 2.20. The number of aryl methyl sites for hydroxylation is 2. The van der Waals surface area contributed by atoms with Gasteiger partial charge in [0.05, 0.1) is 4.90 Å². The normalized spacial score (nSPS) is 18.1. The molecule has 1 aliphatic carbocycles. The van der Waals surface area contributed by atoms with E-state index < -0.39 is 10.0 Å². The smallest absolute Gasteiger partial charge is 0.208 e. The van der Waals surface area contributed by atoms with E-state index in [0.29, 0.717) is 4.90 Å². The molecule has 0 spiro atoms. The molecular formula is C11H17NO2S2. The van der Waals surface area contributed by atoms with Crippen molar-refractivity contribution in [2.24, 2.45) is 0 Å². The molecule has 0 saturated heterocycles. The lowest BCUT2D eigenvalue weighted by Crippen LogP contribution is -2.32. The second kappa shape index (κ2) is 4.47. The van der Waals surface area contributed by atoms with Gasteiger partial charge in [-0.2, -0.15) is 0 Å². The van der Waals surface area contributed by atoms with E-state index in [1.165, 1.54) is 11.3 Å². The second-order valence-corrected chi connectivity index (χ2v) is 7.52. The lowest BCUT2D eigenvalue weighted by molar-refractivity contribution is 0.552. The van der Waals surface area contributed by atoms with Crippen LogP contribution in [0.3, 0.4) is 0 Å². The maximum absolute atomic E-state index is 12.1. The van der Waals surface area contributed by atoms with E-state index in [2.05, 4.69) is 4.72 Å². The van der Waals surface area contributed by atoms with Crippen molar-refractivity contribution in [1.29, 1.82) is 0 Å². The van der Waals surface area contributed by atoms with Gasteiger partial charge in [0.2, 0.25) is 10.0 Å². The summed E-state index contributed by atoms with van der Waals surface area (Å²) in [6, 6.07) is 1.90. The van der Waals surface area contributed by atoms with E-state index in [1.54, 1.807) is 6.07 Å². The molecule has 1 heterocycles. The third-order valence-electron chi connectivity index (χ3n) is 2.96. The van der Waals surface area contributed by atoms with Gasteiger partial charge in [-0.25, -0.2) is 13.1 Å². The standard InChI is InChI=1S/C11H17NO2S2/c1-8-7-11(9(2)15-8)16(13,14)12-10-5-3-4-6-10/h7,10,12H,3-6H2,1-2H3. The Hall–Kier alpha value is -0.390. The number of rotatable bonds is 3. The fourth-order valence-corrected chi connectivity index (χ4v) is 5.06. The molecule has 0 radical (unpaired) electrons. The van der Waals surface area contributed by atoms with Crippen LogP contribution in [0, 0.1) is 13.8 Å². The lowest BCUT2D eigenvalue weighted by Gasteiger charge is -2.11. The Kier molecular flexibility index (Phi) is 3.37. The predicted octanol–water partition coefficient (Wildman–Crippen LogP) is 2.59. The average Bonchev–Trinajstić information content (AvgIpc) is 2.75. The van der Waals surface area contributed by atoms with E-state index >= 15 is 0 Å². The van der Waals surface area contributed by atoms with Gasteiger partial charge in [0.25, 0.3) is 0 Å². The van der Waals surface area contributed by atoms with Gasteiger partial charge in [0.1, 0.15) is 0 Å². The van der Waals surface area contributed by atoms with Gasteiger partial charge < -0.3 is 0 Å². The van der Waals surface area contributed by atoms with E-state index in [1.807, 2.05) is 13.8 Å². The third kappa shape index (κ3) is 2.47. The van der Waals surface area contributed by atoms with Crippen molar-refractivity contribution in [1.82, 2.24) is 4.72 Å². The highest BCUT2D eigenvalue weighted by molar-refractivity contribution is 7.89. The van der Waals surface area contributed by atoms with Crippen LogP contribution < -0.4 is 4.72 Å². The SMILES string of the molecule is Cc1cc(S(=O)(=O)NC2CCCC2)c(C)s1. The highest BCUT2D eigenvalue weighted by Gasteiger charge is 2.24. The number of sulfonamides is 1. The summed E-state index contributed by atoms with van der Waals surface area (Å²) < 4.78 is 27.0. The Balaban J connectivity index is 2.21. The molecule has 1 aliphatic rings. The molecule has 0 bridgehead atoms. The molecule has 90 valence electrons. The van der Waals surface area contributed by atoms with Crippen LogP contribution in [0.15, 0.2) is 11.0 Å². The Morgan fingerprint density at radius 2 is 1.94 bits per heavy atom. The van der Waals surface area contributed by atoms with Crippen molar-refractivity contribution in [3.8, 4) is 0 Å². The Morgan fingerprint density at radius 1 is 1.31 bits per heavy atom. The molecule has 0 amide bonds. The Bertz CT molecular complexity index is 470. The summed E-state index contributed by atoms with van der Waals surface area (Å²) in [5.74, 6) is 0. The first-order chi connectivity index (χ1) is 7.49. The van der Waals surface area contributed by atoms with E-state index in [-0.39, 0.29) is 6.04 Å². The zero-order chi connectivity index (χ0) is 11.8. The fraction of sp³-hybridized carbons (Fsp3) is 0.636. The van der Waals surface area contributed by atoms with Crippen molar-refractivity contribution >= 4 is 21.4 Å². The van der Waals surface area contributed by atoms with Gasteiger partial charge in [0, 0.05) is 15.8 Å². The van der Waals surface area contributed by atoms with Gasteiger partial charge >= 0.3 is 0 Å². The second-order valence-electron chi connectivity index (χ2n) is 4.38. The monoisotopic (exact) mass is 259 g/mol. The summed E-state index contributed by atoms with van der Waals surface area (Å²) in [6.07, 6.45) is 4.21. The molecule has 1 fully saturated rings. The molecule has 3 nitrogen and oxygen atoms in total. The van der Waals surface area contributed by atoms with Crippen LogP contribution >= 0.6 is 11.3 Å². The summed E-state index contributed by atoms with van der Waals surface area (Å²) in [7, 11) is -3.29. The summed E-state index contributed by atoms with van der Waals surface area (Å²) in [4.78, 5) is 2.38. The molecule has 0 unspecified atom stereocenters. The Morgan fingerprint density at radius 3 is 2.44 bits per heavy atom. The number of nitrogens with one attached hydrogen (secondary N) is 1. The molecule has 1 aromatic rings. The summed E-state index contributed by atoms with van der Waals surface area (Å²) >= 11 is 1.53. The summed E-state index contributed by atoms with van der Waals surface area (Å²) in [5.41, 5.74) is 0. The molecule has 1 aromatic heterocycles. The minimum Gasteiger partial charge on any atom is -0.208 e. The van der Waals surface area contributed by atoms with Gasteiger partial charge in [-0.3, -0.25) is 0 Å². The van der Waals surface area contributed by atoms with Crippen LogP contribution in [0.5, 0.6) is 0 Å². The predicted molar refractivity (Wildman–Crippen MR) is 66.4 cm³/mol. The van der Waals surface area contributed by atoms with E-state index in [0.717, 1.165) is 35.4 Å². The topological polar surface area (TPSA) is 46.2 Å². The van der Waals surface area contributed by atoms with Crippen molar-refractivity contribution in [3.63, 3.8) is 0 Å². The zero-order valence-electron chi connectivity index (χ0n) is 9.62.